The van der Waals surface area contributed by atoms with E-state index in [0.717, 1.165) is 30.2 Å². The molecule has 5 heteroatoms. The number of carbonyl (C=O) groups is 1. The average molecular weight is 285 g/mol. The van der Waals surface area contributed by atoms with Crippen LogP contribution in [0.5, 0.6) is 0 Å². The molecule has 2 aromatic rings. The smallest absolute Gasteiger partial charge is 0.335 e. The van der Waals surface area contributed by atoms with Gasteiger partial charge in [-0.05, 0) is 37.0 Å². The van der Waals surface area contributed by atoms with Crippen molar-refractivity contribution in [1.82, 2.24) is 9.97 Å². The van der Waals surface area contributed by atoms with Crippen molar-refractivity contribution >= 4 is 22.7 Å². The Morgan fingerprint density at radius 3 is 3.05 bits per heavy atom. The largest absolute Gasteiger partial charge is 0.478 e. The van der Waals surface area contributed by atoms with Crippen LogP contribution in [0, 0.1) is 5.92 Å². The summed E-state index contributed by atoms with van der Waals surface area (Å²) in [6.45, 7) is 4.26. The van der Waals surface area contributed by atoms with Gasteiger partial charge in [0, 0.05) is 18.5 Å². The third-order valence-corrected chi connectivity index (χ3v) is 4.14. The number of aromatic carboxylic acids is 1. The molecule has 1 aromatic heterocycles. The van der Waals surface area contributed by atoms with Gasteiger partial charge in [-0.3, -0.25) is 0 Å². The van der Waals surface area contributed by atoms with Crippen molar-refractivity contribution in [3.63, 3.8) is 0 Å². The molecule has 1 aromatic carbocycles. The monoisotopic (exact) mass is 285 g/mol. The lowest BCUT2D eigenvalue weighted by molar-refractivity contribution is 0.0697. The number of carboxylic acids is 1. The fourth-order valence-corrected chi connectivity index (χ4v) is 3.10. The molecule has 1 N–H and O–H groups in total. The van der Waals surface area contributed by atoms with E-state index in [9.17, 15) is 4.79 Å². The number of hydrogen-bond acceptors (Lipinski definition) is 4. The first-order valence-corrected chi connectivity index (χ1v) is 7.42. The van der Waals surface area contributed by atoms with Crippen molar-refractivity contribution in [2.45, 2.75) is 26.2 Å². The van der Waals surface area contributed by atoms with E-state index in [2.05, 4.69) is 21.8 Å². The van der Waals surface area contributed by atoms with Crippen molar-refractivity contribution < 1.29 is 9.90 Å². The number of nitrogens with zero attached hydrogens (tertiary/aromatic N) is 3. The van der Waals surface area contributed by atoms with Crippen LogP contribution < -0.4 is 4.90 Å². The van der Waals surface area contributed by atoms with Gasteiger partial charge < -0.3 is 10.0 Å². The molecule has 0 aliphatic carbocycles. The Morgan fingerprint density at radius 2 is 2.29 bits per heavy atom. The maximum atomic E-state index is 11.0. The Bertz CT molecular complexity index is 672. The second-order valence-corrected chi connectivity index (χ2v) is 5.62. The van der Waals surface area contributed by atoms with Crippen molar-refractivity contribution in [3.8, 4) is 0 Å². The van der Waals surface area contributed by atoms with Gasteiger partial charge >= 0.3 is 5.97 Å². The molecule has 110 valence electrons. The lowest BCUT2D eigenvalue weighted by Gasteiger charge is -2.19. The molecule has 2 heterocycles. The summed E-state index contributed by atoms with van der Waals surface area (Å²) in [5, 5.41) is 10.00. The molecule has 3 rings (SSSR count). The number of aromatic nitrogens is 2. The summed E-state index contributed by atoms with van der Waals surface area (Å²) in [6.07, 6.45) is 5.19. The quantitative estimate of drug-likeness (QED) is 0.935. The van der Waals surface area contributed by atoms with Gasteiger partial charge in [-0.2, -0.15) is 0 Å². The standard InChI is InChI=1S/C16H19N3O2/c1-2-3-11-6-7-19(9-11)15-13-5-4-12(16(20)21)8-14(13)17-10-18-15/h4-5,8,10-11H,2-3,6-7,9H2,1H3,(H,20,21). The molecular formula is C16H19N3O2. The molecular weight excluding hydrogens is 266 g/mol. The fraction of sp³-hybridized carbons (Fsp3) is 0.438. The number of hydrogen-bond donors (Lipinski definition) is 1. The summed E-state index contributed by atoms with van der Waals surface area (Å²) in [4.78, 5) is 22.0. The summed E-state index contributed by atoms with van der Waals surface area (Å²) < 4.78 is 0. The molecule has 5 nitrogen and oxygen atoms in total. The second kappa shape index (κ2) is 5.68. The van der Waals surface area contributed by atoms with Gasteiger partial charge in [-0.1, -0.05) is 13.3 Å². The Morgan fingerprint density at radius 1 is 1.43 bits per heavy atom. The Balaban J connectivity index is 1.94. The van der Waals surface area contributed by atoms with Crippen LogP contribution >= 0.6 is 0 Å². The number of rotatable bonds is 4. The lowest BCUT2D eigenvalue weighted by Crippen LogP contribution is -2.21. The highest BCUT2D eigenvalue weighted by Gasteiger charge is 2.24. The molecule has 21 heavy (non-hydrogen) atoms. The molecule has 0 bridgehead atoms. The van der Waals surface area contributed by atoms with Gasteiger partial charge in [0.1, 0.15) is 12.1 Å². The highest BCUT2D eigenvalue weighted by atomic mass is 16.4. The minimum absolute atomic E-state index is 0.262. The van der Waals surface area contributed by atoms with Crippen LogP contribution in [0.2, 0.25) is 0 Å². The molecule has 0 amide bonds. The molecule has 1 aliphatic rings. The van der Waals surface area contributed by atoms with E-state index in [-0.39, 0.29) is 5.56 Å². The highest BCUT2D eigenvalue weighted by Crippen LogP contribution is 2.30. The fourth-order valence-electron chi connectivity index (χ4n) is 3.10. The van der Waals surface area contributed by atoms with Crippen molar-refractivity contribution in [2.75, 3.05) is 18.0 Å². The van der Waals surface area contributed by atoms with Gasteiger partial charge in [0.25, 0.3) is 0 Å². The predicted molar refractivity (Wildman–Crippen MR) is 81.7 cm³/mol. The molecule has 1 saturated heterocycles. The molecule has 0 spiro atoms. The SMILES string of the molecule is CCCC1CCN(c2ncnc3cc(C(=O)O)ccc23)C1. The number of carboxylic acid groups (broad SMARTS) is 1. The first-order valence-electron chi connectivity index (χ1n) is 7.42. The van der Waals surface area contributed by atoms with Gasteiger partial charge in [0.15, 0.2) is 0 Å². The van der Waals surface area contributed by atoms with E-state index in [1.807, 2.05) is 6.07 Å². The maximum Gasteiger partial charge on any atom is 0.335 e. The minimum atomic E-state index is -0.929. The van der Waals surface area contributed by atoms with E-state index < -0.39 is 5.97 Å². The van der Waals surface area contributed by atoms with Crippen molar-refractivity contribution in [2.24, 2.45) is 5.92 Å². The van der Waals surface area contributed by atoms with E-state index in [1.165, 1.54) is 25.6 Å². The second-order valence-electron chi connectivity index (χ2n) is 5.62. The van der Waals surface area contributed by atoms with Gasteiger partial charge in [0.2, 0.25) is 0 Å². The first kappa shape index (κ1) is 13.8. The summed E-state index contributed by atoms with van der Waals surface area (Å²) in [6, 6.07) is 5.06. The zero-order valence-electron chi connectivity index (χ0n) is 12.1. The normalized spacial score (nSPS) is 18.3. The Labute approximate surface area is 123 Å². The van der Waals surface area contributed by atoms with Crippen LogP contribution in [0.3, 0.4) is 0 Å². The molecule has 0 radical (unpaired) electrons. The summed E-state index contributed by atoms with van der Waals surface area (Å²) >= 11 is 0. The highest BCUT2D eigenvalue weighted by molar-refractivity contribution is 5.96. The van der Waals surface area contributed by atoms with E-state index >= 15 is 0 Å². The summed E-state index contributed by atoms with van der Waals surface area (Å²) in [5.41, 5.74) is 0.955. The van der Waals surface area contributed by atoms with Crippen LogP contribution in [0.1, 0.15) is 36.5 Å². The summed E-state index contributed by atoms with van der Waals surface area (Å²) in [5.74, 6) is 0.732. The Hall–Kier alpha value is -2.17. The summed E-state index contributed by atoms with van der Waals surface area (Å²) in [7, 11) is 0. The third-order valence-electron chi connectivity index (χ3n) is 4.14. The third kappa shape index (κ3) is 2.68. The van der Waals surface area contributed by atoms with Crippen LogP contribution in [-0.4, -0.2) is 34.1 Å². The number of benzene rings is 1. The maximum absolute atomic E-state index is 11.0. The van der Waals surface area contributed by atoms with Gasteiger partial charge in [-0.25, -0.2) is 14.8 Å². The predicted octanol–water partition coefficient (Wildman–Crippen LogP) is 2.95. The molecule has 1 aliphatic heterocycles. The molecule has 0 saturated carbocycles. The number of anilines is 1. The van der Waals surface area contributed by atoms with Gasteiger partial charge in [0.05, 0.1) is 11.1 Å². The first-order chi connectivity index (χ1) is 10.2. The zero-order chi connectivity index (χ0) is 14.8. The van der Waals surface area contributed by atoms with E-state index in [4.69, 9.17) is 5.11 Å². The Kier molecular flexibility index (Phi) is 3.73. The topological polar surface area (TPSA) is 66.3 Å². The zero-order valence-corrected chi connectivity index (χ0v) is 12.1. The molecule has 1 fully saturated rings. The van der Waals surface area contributed by atoms with Crippen LogP contribution in [0.15, 0.2) is 24.5 Å². The van der Waals surface area contributed by atoms with E-state index in [0.29, 0.717) is 5.52 Å². The molecule has 1 atom stereocenters. The van der Waals surface area contributed by atoms with Crippen LogP contribution in [0.4, 0.5) is 5.82 Å². The van der Waals surface area contributed by atoms with Crippen molar-refractivity contribution in [1.29, 1.82) is 0 Å². The minimum Gasteiger partial charge on any atom is -0.478 e. The average Bonchev–Trinajstić information content (AvgIpc) is 2.95. The number of fused-ring (bicyclic) bond motifs is 1. The van der Waals surface area contributed by atoms with E-state index in [1.54, 1.807) is 12.1 Å². The molecule has 1 unspecified atom stereocenters. The van der Waals surface area contributed by atoms with Crippen LogP contribution in [-0.2, 0) is 0 Å². The van der Waals surface area contributed by atoms with Gasteiger partial charge in [-0.15, -0.1) is 0 Å². The van der Waals surface area contributed by atoms with Crippen molar-refractivity contribution in [3.05, 3.63) is 30.1 Å². The van der Waals surface area contributed by atoms with Crippen LogP contribution in [0.25, 0.3) is 10.9 Å². The lowest BCUT2D eigenvalue weighted by atomic mass is 10.0.